The minimum absolute atomic E-state index is 0.00683. The summed E-state index contributed by atoms with van der Waals surface area (Å²) in [7, 11) is 0. The Balaban J connectivity index is 1.55. The summed E-state index contributed by atoms with van der Waals surface area (Å²) in [6.45, 7) is 8.80. The number of carbonyl (C=O) groups excluding carboxylic acids is 1. The third-order valence-electron chi connectivity index (χ3n) is 6.20. The second kappa shape index (κ2) is 9.55. The third-order valence-corrected chi connectivity index (χ3v) is 6.20. The molecule has 0 saturated heterocycles. The van der Waals surface area contributed by atoms with Crippen LogP contribution in [0.2, 0.25) is 0 Å². The highest BCUT2D eigenvalue weighted by Gasteiger charge is 2.22. The molecule has 1 atom stereocenters. The van der Waals surface area contributed by atoms with Gasteiger partial charge in [0.1, 0.15) is 0 Å². The number of benzene rings is 3. The van der Waals surface area contributed by atoms with Crippen LogP contribution in [0.15, 0.2) is 64.9 Å². The van der Waals surface area contributed by atoms with Gasteiger partial charge in [0.2, 0.25) is 0 Å². The van der Waals surface area contributed by atoms with Crippen molar-refractivity contribution in [1.82, 2.24) is 0 Å². The van der Waals surface area contributed by atoms with Gasteiger partial charge in [0, 0.05) is 29.1 Å². The molecule has 2 N–H and O–H groups in total. The van der Waals surface area contributed by atoms with E-state index >= 15 is 0 Å². The Labute approximate surface area is 195 Å². The molecule has 1 aliphatic rings. The van der Waals surface area contributed by atoms with Crippen LogP contribution >= 0.6 is 0 Å². The van der Waals surface area contributed by atoms with Crippen LogP contribution in [-0.2, 0) is 0 Å². The van der Waals surface area contributed by atoms with Gasteiger partial charge < -0.3 is 10.4 Å². The predicted molar refractivity (Wildman–Crippen MR) is 133 cm³/mol. The van der Waals surface area contributed by atoms with Crippen LogP contribution in [0.4, 0.5) is 17.1 Å². The molecule has 170 valence electrons. The topological polar surface area (TPSA) is 77.3 Å². The number of rotatable bonds is 7. The van der Waals surface area contributed by atoms with Crippen molar-refractivity contribution >= 4 is 22.8 Å². The molecule has 0 aliphatic carbocycles. The zero-order chi connectivity index (χ0) is 23.5. The molecule has 6 nitrogen and oxygen atoms in total. The standard InChI is InChI=1S/C27H30N4O2/c1-17-5-7-21(13-19(17)3)28-22-8-10-25(20(4)14-22)27(33)26-15-24(9-6-18(26)2)31-16-23(11-12-32)29-30-31/h5-10,13-15,23,28,32H,11-12,16H2,1-4H3. The fourth-order valence-electron chi connectivity index (χ4n) is 4.01. The van der Waals surface area contributed by atoms with Crippen LogP contribution < -0.4 is 10.3 Å². The second-order valence-corrected chi connectivity index (χ2v) is 8.74. The lowest BCUT2D eigenvalue weighted by molar-refractivity contribution is 0.103. The zero-order valence-corrected chi connectivity index (χ0v) is 19.6. The van der Waals surface area contributed by atoms with Gasteiger partial charge in [-0.15, -0.1) is 0 Å². The van der Waals surface area contributed by atoms with Crippen molar-refractivity contribution in [3.63, 3.8) is 0 Å². The van der Waals surface area contributed by atoms with Crippen molar-refractivity contribution < 1.29 is 9.90 Å². The molecule has 3 aromatic carbocycles. The van der Waals surface area contributed by atoms with Gasteiger partial charge in [-0.05, 0) is 98.8 Å². The van der Waals surface area contributed by atoms with Crippen molar-refractivity contribution in [1.29, 1.82) is 0 Å². The van der Waals surface area contributed by atoms with Crippen molar-refractivity contribution in [2.75, 3.05) is 23.5 Å². The first-order chi connectivity index (χ1) is 15.9. The summed E-state index contributed by atoms with van der Waals surface area (Å²) in [6.07, 6.45) is 0.583. The molecule has 0 saturated carbocycles. The van der Waals surface area contributed by atoms with Crippen LogP contribution in [0.25, 0.3) is 0 Å². The summed E-state index contributed by atoms with van der Waals surface area (Å²) in [4.78, 5) is 13.4. The number of anilines is 3. The molecule has 0 fully saturated rings. The fraction of sp³-hybridized carbons (Fsp3) is 0.296. The minimum Gasteiger partial charge on any atom is -0.396 e. The monoisotopic (exact) mass is 442 g/mol. The van der Waals surface area contributed by atoms with E-state index in [9.17, 15) is 4.79 Å². The van der Waals surface area contributed by atoms with Gasteiger partial charge in [0.05, 0.1) is 18.3 Å². The number of aliphatic hydroxyl groups excluding tert-OH is 1. The Morgan fingerprint density at radius 2 is 1.61 bits per heavy atom. The largest absolute Gasteiger partial charge is 0.396 e. The maximum Gasteiger partial charge on any atom is 0.193 e. The van der Waals surface area contributed by atoms with Gasteiger partial charge in [-0.1, -0.05) is 17.4 Å². The lowest BCUT2D eigenvalue weighted by atomic mass is 9.95. The zero-order valence-electron chi connectivity index (χ0n) is 19.6. The van der Waals surface area contributed by atoms with Gasteiger partial charge in [0.15, 0.2) is 5.78 Å². The quantitative estimate of drug-likeness (QED) is 0.451. The van der Waals surface area contributed by atoms with Crippen LogP contribution in [0.5, 0.6) is 0 Å². The van der Waals surface area contributed by atoms with E-state index in [-0.39, 0.29) is 18.4 Å². The molecule has 0 amide bonds. The molecule has 0 bridgehead atoms. The van der Waals surface area contributed by atoms with Crippen LogP contribution in [0.1, 0.15) is 44.6 Å². The SMILES string of the molecule is Cc1ccc(Nc2ccc(C(=O)c3cc(N4CC(CCO)N=N4)ccc3C)c(C)c2)cc1C. The second-order valence-electron chi connectivity index (χ2n) is 8.74. The normalized spacial score (nSPS) is 15.2. The Morgan fingerprint density at radius 1 is 0.909 bits per heavy atom. The first-order valence-electron chi connectivity index (χ1n) is 11.2. The highest BCUT2D eigenvalue weighted by atomic mass is 16.3. The number of ketones is 1. The van der Waals surface area contributed by atoms with Crippen molar-refractivity contribution in [2.45, 2.75) is 40.2 Å². The first-order valence-corrected chi connectivity index (χ1v) is 11.2. The summed E-state index contributed by atoms with van der Waals surface area (Å²) in [5.41, 5.74) is 8.48. The van der Waals surface area contributed by atoms with Crippen molar-refractivity contribution in [3.05, 3.63) is 88.0 Å². The number of aliphatic hydroxyl groups is 1. The molecule has 33 heavy (non-hydrogen) atoms. The molecule has 1 unspecified atom stereocenters. The van der Waals surface area contributed by atoms with Crippen LogP contribution in [0, 0.1) is 27.7 Å². The number of nitrogens with zero attached hydrogens (tertiary/aromatic N) is 3. The highest BCUT2D eigenvalue weighted by Crippen LogP contribution is 2.28. The lowest BCUT2D eigenvalue weighted by Gasteiger charge is -2.16. The van der Waals surface area contributed by atoms with E-state index in [4.69, 9.17) is 5.11 Å². The van der Waals surface area contributed by atoms with E-state index in [1.807, 2.05) is 50.2 Å². The molecule has 6 heteroatoms. The molecular weight excluding hydrogens is 412 g/mol. The maximum atomic E-state index is 13.4. The molecule has 0 aromatic heterocycles. The molecule has 1 aliphatic heterocycles. The van der Waals surface area contributed by atoms with E-state index < -0.39 is 0 Å². The van der Waals surface area contributed by atoms with E-state index in [0.717, 1.165) is 28.2 Å². The Hall–Kier alpha value is -3.51. The van der Waals surface area contributed by atoms with E-state index in [1.54, 1.807) is 5.01 Å². The summed E-state index contributed by atoms with van der Waals surface area (Å²) >= 11 is 0. The minimum atomic E-state index is -0.0185. The molecule has 0 spiro atoms. The third kappa shape index (κ3) is 4.96. The molecular formula is C27H30N4O2. The number of hydrogen-bond donors (Lipinski definition) is 2. The summed E-state index contributed by atoms with van der Waals surface area (Å²) < 4.78 is 0. The number of nitrogens with one attached hydrogen (secondary N) is 1. The average molecular weight is 443 g/mol. The average Bonchev–Trinajstić information content (AvgIpc) is 3.25. The Kier molecular flexibility index (Phi) is 6.56. The van der Waals surface area contributed by atoms with E-state index in [1.165, 1.54) is 11.1 Å². The van der Waals surface area contributed by atoms with Crippen LogP contribution in [0.3, 0.4) is 0 Å². The lowest BCUT2D eigenvalue weighted by Crippen LogP contribution is -2.21. The Morgan fingerprint density at radius 3 is 2.30 bits per heavy atom. The van der Waals surface area contributed by atoms with Gasteiger partial charge in [-0.25, -0.2) is 5.01 Å². The van der Waals surface area contributed by atoms with Crippen molar-refractivity contribution in [2.24, 2.45) is 10.3 Å². The molecule has 4 rings (SSSR count). The van der Waals surface area contributed by atoms with E-state index in [2.05, 4.69) is 47.7 Å². The van der Waals surface area contributed by atoms with Crippen LogP contribution in [-0.4, -0.2) is 30.1 Å². The first kappa shape index (κ1) is 22.7. The number of carbonyl (C=O) groups is 1. The molecule has 0 radical (unpaired) electrons. The fourth-order valence-corrected chi connectivity index (χ4v) is 4.01. The number of aryl methyl sites for hydroxylation is 4. The van der Waals surface area contributed by atoms with Gasteiger partial charge >= 0.3 is 0 Å². The summed E-state index contributed by atoms with van der Waals surface area (Å²) in [6, 6.07) is 17.9. The van der Waals surface area contributed by atoms with E-state index in [0.29, 0.717) is 24.1 Å². The van der Waals surface area contributed by atoms with Gasteiger partial charge in [0.25, 0.3) is 0 Å². The van der Waals surface area contributed by atoms with Gasteiger partial charge in [-0.2, -0.15) is 5.11 Å². The molecule has 3 aromatic rings. The smallest absolute Gasteiger partial charge is 0.193 e. The predicted octanol–water partition coefficient (Wildman–Crippen LogP) is 5.83. The summed E-state index contributed by atoms with van der Waals surface area (Å²) in [5, 5.41) is 22.8. The van der Waals surface area contributed by atoms with Crippen molar-refractivity contribution in [3.8, 4) is 0 Å². The van der Waals surface area contributed by atoms with Gasteiger partial charge in [-0.3, -0.25) is 4.79 Å². The highest BCUT2D eigenvalue weighted by molar-refractivity contribution is 6.11. The maximum absolute atomic E-state index is 13.4. The summed E-state index contributed by atoms with van der Waals surface area (Å²) in [5.74, 6) is -0.00683. The molecule has 1 heterocycles. The Bertz CT molecular complexity index is 1220. The number of hydrogen-bond acceptors (Lipinski definition) is 6.